The fourth-order valence-corrected chi connectivity index (χ4v) is 4.03. The zero-order valence-corrected chi connectivity index (χ0v) is 19.4. The Bertz CT molecular complexity index is 446. The third-order valence-electron chi connectivity index (χ3n) is 6.16. The van der Waals surface area contributed by atoms with Crippen LogP contribution in [0.5, 0.6) is 0 Å². The van der Waals surface area contributed by atoms with Gasteiger partial charge in [-0.05, 0) is 56.8 Å². The first-order valence-electron chi connectivity index (χ1n) is 10.4. The molecule has 0 aromatic heterocycles. The number of aliphatic imine (C=N–C) groups is 1. The molecule has 0 spiro atoms. The Hall–Kier alpha value is -0.120. The average molecular weight is 495 g/mol. The van der Waals surface area contributed by atoms with Gasteiger partial charge in [0.1, 0.15) is 0 Å². The molecule has 0 aromatic rings. The van der Waals surface area contributed by atoms with Gasteiger partial charge in [-0.2, -0.15) is 0 Å². The first kappa shape index (κ1) is 23.2. The lowest BCUT2D eigenvalue weighted by Crippen LogP contribution is -2.48. The summed E-state index contributed by atoms with van der Waals surface area (Å²) < 4.78 is 17.2. The van der Waals surface area contributed by atoms with Crippen molar-refractivity contribution in [2.24, 2.45) is 10.4 Å². The lowest BCUT2D eigenvalue weighted by molar-refractivity contribution is -0.0721. The topological polar surface area (TPSA) is 55.3 Å². The molecule has 3 rings (SSSR count). The minimum absolute atomic E-state index is 0. The summed E-state index contributed by atoms with van der Waals surface area (Å²) in [6, 6.07) is 0. The van der Waals surface area contributed by atoms with Crippen LogP contribution in [0.25, 0.3) is 0 Å². The zero-order chi connectivity index (χ0) is 18.2. The number of hydrogen-bond acceptors (Lipinski definition) is 4. The van der Waals surface area contributed by atoms with E-state index in [-0.39, 0.29) is 24.0 Å². The van der Waals surface area contributed by atoms with Crippen molar-refractivity contribution in [2.75, 3.05) is 53.6 Å². The molecule has 3 aliphatic rings. The van der Waals surface area contributed by atoms with Crippen LogP contribution in [-0.2, 0) is 14.2 Å². The van der Waals surface area contributed by atoms with Crippen molar-refractivity contribution in [1.82, 2.24) is 10.2 Å². The summed E-state index contributed by atoms with van der Waals surface area (Å²) in [7, 11) is 3.68. The van der Waals surface area contributed by atoms with Crippen molar-refractivity contribution in [2.45, 2.75) is 63.6 Å². The van der Waals surface area contributed by atoms with Gasteiger partial charge in [0.05, 0.1) is 18.8 Å². The van der Waals surface area contributed by atoms with Gasteiger partial charge in [-0.3, -0.25) is 4.99 Å². The Morgan fingerprint density at radius 1 is 1.22 bits per heavy atom. The van der Waals surface area contributed by atoms with Crippen molar-refractivity contribution in [1.29, 1.82) is 0 Å². The molecule has 1 aliphatic carbocycles. The van der Waals surface area contributed by atoms with Gasteiger partial charge < -0.3 is 24.4 Å². The Kier molecular flexibility index (Phi) is 10.1. The maximum Gasteiger partial charge on any atom is 0.193 e. The number of ether oxygens (including phenoxy) is 3. The maximum absolute atomic E-state index is 6.13. The van der Waals surface area contributed by atoms with Crippen molar-refractivity contribution < 1.29 is 14.2 Å². The molecule has 1 atom stereocenters. The smallest absolute Gasteiger partial charge is 0.193 e. The predicted octanol–water partition coefficient (Wildman–Crippen LogP) is 3.05. The molecule has 6 nitrogen and oxygen atoms in total. The van der Waals surface area contributed by atoms with E-state index in [0.29, 0.717) is 17.6 Å². The third-order valence-corrected chi connectivity index (χ3v) is 6.16. The van der Waals surface area contributed by atoms with Crippen LogP contribution in [0.2, 0.25) is 0 Å². The third kappa shape index (κ3) is 7.33. The maximum atomic E-state index is 6.13. The normalized spacial score (nSPS) is 25.8. The number of piperidine rings is 1. The van der Waals surface area contributed by atoms with Crippen molar-refractivity contribution in [3.8, 4) is 0 Å². The molecular weight excluding hydrogens is 457 g/mol. The van der Waals surface area contributed by atoms with E-state index >= 15 is 0 Å². The summed E-state index contributed by atoms with van der Waals surface area (Å²) >= 11 is 0. The van der Waals surface area contributed by atoms with E-state index < -0.39 is 0 Å². The van der Waals surface area contributed by atoms with Crippen LogP contribution in [-0.4, -0.2) is 76.7 Å². The predicted molar refractivity (Wildman–Crippen MR) is 119 cm³/mol. The summed E-state index contributed by atoms with van der Waals surface area (Å²) in [5.74, 6) is 1.04. The SMILES string of the molecule is CN=C(NCC1(CCOC)CC1)N1CCC(OCC2CCCCO2)CC1.I. The molecule has 1 N–H and O–H groups in total. The fourth-order valence-electron chi connectivity index (χ4n) is 4.03. The molecule has 0 bridgehead atoms. The molecule has 2 aliphatic heterocycles. The second kappa shape index (κ2) is 11.8. The van der Waals surface area contributed by atoms with Gasteiger partial charge in [0, 0.05) is 47.0 Å². The zero-order valence-electron chi connectivity index (χ0n) is 17.1. The van der Waals surface area contributed by atoms with Crippen LogP contribution < -0.4 is 5.32 Å². The number of rotatable bonds is 8. The Labute approximate surface area is 181 Å². The summed E-state index contributed by atoms with van der Waals surface area (Å²) in [4.78, 5) is 6.89. The van der Waals surface area contributed by atoms with Gasteiger partial charge in [0.15, 0.2) is 5.96 Å². The van der Waals surface area contributed by atoms with E-state index in [1.54, 1.807) is 7.11 Å². The molecule has 0 aromatic carbocycles. The molecule has 3 fully saturated rings. The average Bonchev–Trinajstić information content (AvgIpc) is 3.47. The highest BCUT2D eigenvalue weighted by Crippen LogP contribution is 2.48. The molecule has 2 saturated heterocycles. The second-order valence-electron chi connectivity index (χ2n) is 8.15. The number of likely N-dealkylation sites (tertiary alicyclic amines) is 1. The van der Waals surface area contributed by atoms with Crippen molar-refractivity contribution in [3.05, 3.63) is 0 Å². The molecule has 0 radical (unpaired) electrons. The van der Waals surface area contributed by atoms with Crippen LogP contribution in [0.4, 0.5) is 0 Å². The highest BCUT2D eigenvalue weighted by atomic mass is 127. The Balaban J connectivity index is 0.00000261. The lowest BCUT2D eigenvalue weighted by Gasteiger charge is -2.35. The van der Waals surface area contributed by atoms with Crippen molar-refractivity contribution >= 4 is 29.9 Å². The largest absolute Gasteiger partial charge is 0.385 e. The summed E-state index contributed by atoms with van der Waals surface area (Å²) in [5, 5.41) is 3.61. The minimum atomic E-state index is 0. The first-order valence-corrected chi connectivity index (χ1v) is 10.4. The molecule has 0 amide bonds. The highest BCUT2D eigenvalue weighted by Gasteiger charge is 2.42. The van der Waals surface area contributed by atoms with E-state index in [1.165, 1.54) is 25.7 Å². The van der Waals surface area contributed by atoms with E-state index in [2.05, 4.69) is 15.2 Å². The monoisotopic (exact) mass is 495 g/mol. The Morgan fingerprint density at radius 2 is 2.00 bits per heavy atom. The van der Waals surface area contributed by atoms with Gasteiger partial charge in [0.25, 0.3) is 0 Å². The van der Waals surface area contributed by atoms with Gasteiger partial charge in [0.2, 0.25) is 0 Å². The molecule has 7 heteroatoms. The lowest BCUT2D eigenvalue weighted by atomic mass is 10.0. The van der Waals surface area contributed by atoms with E-state index in [9.17, 15) is 0 Å². The number of nitrogens with zero attached hydrogens (tertiary/aromatic N) is 2. The van der Waals surface area contributed by atoms with Gasteiger partial charge in [-0.1, -0.05) is 0 Å². The highest BCUT2D eigenvalue weighted by molar-refractivity contribution is 14.0. The number of guanidine groups is 1. The molecule has 2 heterocycles. The minimum Gasteiger partial charge on any atom is -0.385 e. The fraction of sp³-hybridized carbons (Fsp3) is 0.950. The van der Waals surface area contributed by atoms with E-state index in [0.717, 1.165) is 71.1 Å². The molecule has 1 unspecified atom stereocenters. The van der Waals surface area contributed by atoms with Gasteiger partial charge in [-0.25, -0.2) is 0 Å². The summed E-state index contributed by atoms with van der Waals surface area (Å²) in [6.07, 6.45) is 10.2. The van der Waals surface area contributed by atoms with Gasteiger partial charge >= 0.3 is 0 Å². The van der Waals surface area contributed by atoms with Crippen LogP contribution in [0.1, 0.15) is 51.4 Å². The number of hydrogen-bond donors (Lipinski definition) is 1. The first-order chi connectivity index (χ1) is 12.7. The molecular formula is C20H38IN3O3. The number of nitrogens with one attached hydrogen (secondary N) is 1. The molecule has 158 valence electrons. The number of halogens is 1. The molecule has 27 heavy (non-hydrogen) atoms. The van der Waals surface area contributed by atoms with Gasteiger partial charge in [-0.15, -0.1) is 24.0 Å². The molecule has 1 saturated carbocycles. The van der Waals surface area contributed by atoms with Crippen LogP contribution in [0, 0.1) is 5.41 Å². The number of methoxy groups -OCH3 is 1. The Morgan fingerprint density at radius 3 is 2.59 bits per heavy atom. The van der Waals surface area contributed by atoms with E-state index in [4.69, 9.17) is 14.2 Å². The van der Waals surface area contributed by atoms with Crippen LogP contribution in [0.15, 0.2) is 4.99 Å². The summed E-state index contributed by atoms with van der Waals surface area (Å²) in [6.45, 7) is 5.56. The van der Waals surface area contributed by atoms with Crippen LogP contribution in [0.3, 0.4) is 0 Å². The quantitative estimate of drug-likeness (QED) is 0.319. The standard InChI is InChI=1S/C20H37N3O3.HI/c1-21-19(22-16-20(8-9-20)10-14-24-2)23-11-6-17(7-12-23)26-15-18-5-3-4-13-25-18;/h17-18H,3-16H2,1-2H3,(H,21,22);1H. The van der Waals surface area contributed by atoms with Crippen LogP contribution >= 0.6 is 24.0 Å². The second-order valence-corrected chi connectivity index (χ2v) is 8.15. The summed E-state index contributed by atoms with van der Waals surface area (Å²) in [5.41, 5.74) is 0.438. The van der Waals surface area contributed by atoms with E-state index in [1.807, 2.05) is 7.05 Å². The van der Waals surface area contributed by atoms with Crippen molar-refractivity contribution in [3.63, 3.8) is 0 Å².